The van der Waals surface area contributed by atoms with Crippen LogP contribution >= 0.6 is 0 Å². The van der Waals surface area contributed by atoms with Gasteiger partial charge in [0.1, 0.15) is 0 Å². The van der Waals surface area contributed by atoms with Gasteiger partial charge in [-0.3, -0.25) is 0 Å². The number of ether oxygens (including phenoxy) is 1. The van der Waals surface area contributed by atoms with Crippen LogP contribution in [0.25, 0.3) is 0 Å². The third kappa shape index (κ3) is 3.33. The number of hydrogen-bond donors (Lipinski definition) is 0. The molecule has 2 heteroatoms. The van der Waals surface area contributed by atoms with Gasteiger partial charge >= 0.3 is 0 Å². The summed E-state index contributed by atoms with van der Waals surface area (Å²) in [5, 5.41) is 0. The predicted octanol–water partition coefficient (Wildman–Crippen LogP) is 3.85. The highest BCUT2D eigenvalue weighted by Gasteiger charge is 2.47. The first-order valence-corrected chi connectivity index (χ1v) is 8.46. The van der Waals surface area contributed by atoms with Gasteiger partial charge in [-0.1, -0.05) is 19.3 Å². The molecule has 0 aromatic heterocycles. The third-order valence-corrected chi connectivity index (χ3v) is 5.67. The molecule has 0 aromatic rings. The Balaban J connectivity index is 1.49. The number of likely N-dealkylation sites (tertiary alicyclic amines) is 1. The second-order valence-electron chi connectivity index (χ2n) is 7.88. The molecular weight excluding hydrogens is 234 g/mol. The molecule has 3 rings (SSSR count). The number of rotatable bonds is 5. The van der Waals surface area contributed by atoms with Crippen molar-refractivity contribution < 1.29 is 4.74 Å². The van der Waals surface area contributed by atoms with E-state index in [9.17, 15) is 0 Å². The molecule has 0 unspecified atom stereocenters. The molecule has 1 saturated heterocycles. The van der Waals surface area contributed by atoms with E-state index in [0.29, 0.717) is 16.9 Å². The van der Waals surface area contributed by atoms with Crippen LogP contribution in [-0.2, 0) is 4.74 Å². The van der Waals surface area contributed by atoms with Crippen molar-refractivity contribution >= 4 is 0 Å². The number of hydrogen-bond acceptors (Lipinski definition) is 2. The standard InChI is InChI=1S/C17H31NO/c1-15(2)19-14-17(8-9-17)13-18-11-10-16(12-18)6-4-3-5-7-16/h15H,3-14H2,1-2H3. The van der Waals surface area contributed by atoms with Crippen molar-refractivity contribution in [2.45, 2.75) is 71.3 Å². The molecular formula is C17H31NO. The molecule has 2 nitrogen and oxygen atoms in total. The summed E-state index contributed by atoms with van der Waals surface area (Å²) in [5.74, 6) is 0. The smallest absolute Gasteiger partial charge is 0.0538 e. The summed E-state index contributed by atoms with van der Waals surface area (Å²) in [4.78, 5) is 2.77. The van der Waals surface area contributed by atoms with Gasteiger partial charge < -0.3 is 9.64 Å². The Hall–Kier alpha value is -0.0800. The van der Waals surface area contributed by atoms with Crippen LogP contribution in [-0.4, -0.2) is 37.2 Å². The molecule has 0 radical (unpaired) electrons. The fourth-order valence-corrected chi connectivity index (χ4v) is 4.22. The van der Waals surface area contributed by atoms with Crippen LogP contribution < -0.4 is 0 Å². The van der Waals surface area contributed by atoms with E-state index in [-0.39, 0.29) is 0 Å². The first-order valence-electron chi connectivity index (χ1n) is 8.46. The monoisotopic (exact) mass is 265 g/mol. The molecule has 2 saturated carbocycles. The summed E-state index contributed by atoms with van der Waals surface area (Å²) in [6.45, 7) is 9.35. The van der Waals surface area contributed by atoms with Gasteiger partial charge in [-0.05, 0) is 57.9 Å². The maximum absolute atomic E-state index is 5.89. The largest absolute Gasteiger partial charge is 0.378 e. The van der Waals surface area contributed by atoms with Gasteiger partial charge in [0, 0.05) is 18.5 Å². The van der Waals surface area contributed by atoms with Gasteiger partial charge in [-0.2, -0.15) is 0 Å². The van der Waals surface area contributed by atoms with Crippen LogP contribution in [0.4, 0.5) is 0 Å². The van der Waals surface area contributed by atoms with Crippen molar-refractivity contribution in [2.75, 3.05) is 26.2 Å². The molecule has 0 aromatic carbocycles. The van der Waals surface area contributed by atoms with Gasteiger partial charge in [0.15, 0.2) is 0 Å². The molecule has 0 atom stereocenters. The molecule has 0 N–H and O–H groups in total. The van der Waals surface area contributed by atoms with Crippen LogP contribution in [0, 0.1) is 10.8 Å². The summed E-state index contributed by atoms with van der Waals surface area (Å²) in [6.07, 6.45) is 12.1. The maximum atomic E-state index is 5.89. The second kappa shape index (κ2) is 5.37. The lowest BCUT2D eigenvalue weighted by Crippen LogP contribution is -2.34. The topological polar surface area (TPSA) is 12.5 Å². The molecule has 19 heavy (non-hydrogen) atoms. The molecule has 2 aliphatic carbocycles. The van der Waals surface area contributed by atoms with Crippen molar-refractivity contribution in [2.24, 2.45) is 10.8 Å². The van der Waals surface area contributed by atoms with E-state index in [2.05, 4.69) is 18.7 Å². The summed E-state index contributed by atoms with van der Waals surface area (Å²) in [7, 11) is 0. The normalized spacial score (nSPS) is 29.2. The van der Waals surface area contributed by atoms with E-state index in [1.165, 1.54) is 71.0 Å². The first-order chi connectivity index (χ1) is 9.12. The zero-order chi connectivity index (χ0) is 13.3. The molecule has 3 aliphatic rings. The second-order valence-corrected chi connectivity index (χ2v) is 7.88. The molecule has 3 fully saturated rings. The predicted molar refractivity (Wildman–Crippen MR) is 79.3 cm³/mol. The van der Waals surface area contributed by atoms with Crippen molar-refractivity contribution in [3.8, 4) is 0 Å². The van der Waals surface area contributed by atoms with Gasteiger partial charge in [0.2, 0.25) is 0 Å². The summed E-state index contributed by atoms with van der Waals surface area (Å²) in [6, 6.07) is 0. The van der Waals surface area contributed by atoms with E-state index in [1.807, 2.05) is 0 Å². The van der Waals surface area contributed by atoms with Crippen LogP contribution in [0.5, 0.6) is 0 Å². The van der Waals surface area contributed by atoms with Gasteiger partial charge in [0.05, 0.1) is 12.7 Å². The number of nitrogens with zero attached hydrogens (tertiary/aromatic N) is 1. The Morgan fingerprint density at radius 2 is 1.74 bits per heavy atom. The van der Waals surface area contributed by atoms with Crippen LogP contribution in [0.1, 0.15) is 65.2 Å². The Labute approximate surface area is 118 Å². The molecule has 1 spiro atoms. The zero-order valence-corrected chi connectivity index (χ0v) is 12.9. The summed E-state index contributed by atoms with van der Waals surface area (Å²) in [5.41, 5.74) is 1.25. The summed E-state index contributed by atoms with van der Waals surface area (Å²) < 4.78 is 5.89. The molecule has 0 bridgehead atoms. The Morgan fingerprint density at radius 3 is 2.37 bits per heavy atom. The minimum atomic E-state index is 0.390. The molecule has 1 aliphatic heterocycles. The van der Waals surface area contributed by atoms with Crippen molar-refractivity contribution in [1.29, 1.82) is 0 Å². The third-order valence-electron chi connectivity index (χ3n) is 5.67. The zero-order valence-electron chi connectivity index (χ0n) is 12.9. The van der Waals surface area contributed by atoms with Gasteiger partial charge in [0.25, 0.3) is 0 Å². The van der Waals surface area contributed by atoms with Crippen molar-refractivity contribution in [3.63, 3.8) is 0 Å². The van der Waals surface area contributed by atoms with E-state index in [4.69, 9.17) is 4.74 Å². The van der Waals surface area contributed by atoms with Crippen LogP contribution in [0.2, 0.25) is 0 Å². The minimum absolute atomic E-state index is 0.390. The van der Waals surface area contributed by atoms with Crippen LogP contribution in [0.15, 0.2) is 0 Å². The van der Waals surface area contributed by atoms with E-state index in [1.54, 1.807) is 0 Å². The minimum Gasteiger partial charge on any atom is -0.378 e. The molecule has 1 heterocycles. The van der Waals surface area contributed by atoms with Crippen molar-refractivity contribution in [3.05, 3.63) is 0 Å². The lowest BCUT2D eigenvalue weighted by Gasteiger charge is -2.34. The Kier molecular flexibility index (Phi) is 3.92. The first kappa shape index (κ1) is 13.9. The lowest BCUT2D eigenvalue weighted by atomic mass is 9.73. The van der Waals surface area contributed by atoms with E-state index < -0.39 is 0 Å². The van der Waals surface area contributed by atoms with E-state index in [0.717, 1.165) is 6.61 Å². The molecule has 0 amide bonds. The SMILES string of the molecule is CC(C)OCC1(CN2CCC3(CCCCC3)C2)CC1. The quantitative estimate of drug-likeness (QED) is 0.748. The van der Waals surface area contributed by atoms with Crippen LogP contribution in [0.3, 0.4) is 0 Å². The van der Waals surface area contributed by atoms with Gasteiger partial charge in [-0.15, -0.1) is 0 Å². The highest BCUT2D eigenvalue weighted by atomic mass is 16.5. The molecule has 110 valence electrons. The van der Waals surface area contributed by atoms with E-state index >= 15 is 0 Å². The van der Waals surface area contributed by atoms with Gasteiger partial charge in [-0.25, -0.2) is 0 Å². The van der Waals surface area contributed by atoms with Crippen molar-refractivity contribution in [1.82, 2.24) is 4.90 Å². The maximum Gasteiger partial charge on any atom is 0.0538 e. The highest BCUT2D eigenvalue weighted by molar-refractivity contribution is 4.99. The Morgan fingerprint density at radius 1 is 1.00 bits per heavy atom. The average molecular weight is 265 g/mol. The fourth-order valence-electron chi connectivity index (χ4n) is 4.22. The summed E-state index contributed by atoms with van der Waals surface area (Å²) >= 11 is 0. The average Bonchev–Trinajstić information content (AvgIpc) is 3.06. The Bertz CT molecular complexity index is 302. The lowest BCUT2D eigenvalue weighted by molar-refractivity contribution is 0.0317. The highest BCUT2D eigenvalue weighted by Crippen LogP contribution is 2.50. The fraction of sp³-hybridized carbons (Fsp3) is 1.00.